The van der Waals surface area contributed by atoms with Crippen molar-refractivity contribution in [1.29, 1.82) is 0 Å². The van der Waals surface area contributed by atoms with E-state index in [2.05, 4.69) is 15.2 Å². The molecule has 0 saturated carbocycles. The van der Waals surface area contributed by atoms with Gasteiger partial charge in [-0.15, -0.1) is 0 Å². The number of aromatic nitrogens is 4. The number of aryl methyl sites for hydroxylation is 1. The largest absolute Gasteiger partial charge is 0.343 e. The van der Waals surface area contributed by atoms with Gasteiger partial charge in [-0.3, -0.25) is 14.3 Å². The maximum absolute atomic E-state index is 12.5. The van der Waals surface area contributed by atoms with E-state index in [-0.39, 0.29) is 24.2 Å². The molecule has 0 atom stereocenters. The van der Waals surface area contributed by atoms with Crippen molar-refractivity contribution >= 4 is 11.7 Å². The minimum Gasteiger partial charge on any atom is -0.343 e. The summed E-state index contributed by atoms with van der Waals surface area (Å²) in [5.74, 6) is 0.949. The summed E-state index contributed by atoms with van der Waals surface area (Å²) < 4.78 is 6.41. The summed E-state index contributed by atoms with van der Waals surface area (Å²) in [4.78, 5) is 30.1. The van der Waals surface area contributed by atoms with Crippen LogP contribution in [0.2, 0.25) is 0 Å². The molecule has 0 aliphatic carbocycles. The summed E-state index contributed by atoms with van der Waals surface area (Å²) in [5, 5.41) is 8.22. The van der Waals surface area contributed by atoms with Crippen LogP contribution in [0.4, 0.5) is 0 Å². The average molecular weight is 331 g/mol. The predicted molar refractivity (Wildman–Crippen MR) is 84.6 cm³/mol. The first kappa shape index (κ1) is 16.4. The molecule has 8 nitrogen and oxygen atoms in total. The number of likely N-dealkylation sites (tertiary alicyclic amines) is 1. The van der Waals surface area contributed by atoms with E-state index >= 15 is 0 Å². The molecule has 0 N–H and O–H groups in total. The topological polar surface area (TPSA) is 94.1 Å². The minimum absolute atomic E-state index is 0.0160. The van der Waals surface area contributed by atoms with Crippen molar-refractivity contribution < 1.29 is 14.1 Å². The summed E-state index contributed by atoms with van der Waals surface area (Å²) in [6.45, 7) is 6.63. The first-order chi connectivity index (χ1) is 11.5. The molecule has 128 valence electrons. The van der Waals surface area contributed by atoms with Crippen LogP contribution in [0.25, 0.3) is 0 Å². The smallest absolute Gasteiger partial charge is 0.244 e. The standard InChI is InChI=1S/C16H21N5O3/c1-10-15(12(3)22)11(2)21(18-10)8-14(23)20-6-4-13(5-7-20)16-17-9-24-19-16/h9,13H,4-8H2,1-3H3. The van der Waals surface area contributed by atoms with Gasteiger partial charge in [0, 0.05) is 24.7 Å². The van der Waals surface area contributed by atoms with E-state index < -0.39 is 0 Å². The van der Waals surface area contributed by atoms with Crippen molar-refractivity contribution in [2.75, 3.05) is 13.1 Å². The molecular formula is C16H21N5O3. The molecular weight excluding hydrogens is 310 g/mol. The second-order valence-corrected chi connectivity index (χ2v) is 6.20. The van der Waals surface area contributed by atoms with Gasteiger partial charge in [0.1, 0.15) is 6.54 Å². The van der Waals surface area contributed by atoms with Crippen molar-refractivity contribution in [3.8, 4) is 0 Å². The fourth-order valence-corrected chi connectivity index (χ4v) is 3.33. The SMILES string of the molecule is CC(=O)c1c(C)nn(CC(=O)N2CCC(c3ncon3)CC2)c1C. The number of ketones is 1. The predicted octanol–water partition coefficient (Wildman–Crippen LogP) is 1.49. The molecule has 3 heterocycles. The van der Waals surface area contributed by atoms with Gasteiger partial charge in [0.2, 0.25) is 12.3 Å². The van der Waals surface area contributed by atoms with Gasteiger partial charge in [-0.1, -0.05) is 5.16 Å². The van der Waals surface area contributed by atoms with E-state index in [4.69, 9.17) is 4.52 Å². The second kappa shape index (κ2) is 6.54. The Morgan fingerprint density at radius 2 is 2.00 bits per heavy atom. The molecule has 1 fully saturated rings. The van der Waals surface area contributed by atoms with Gasteiger partial charge in [0.25, 0.3) is 0 Å². The lowest BCUT2D eigenvalue weighted by atomic mass is 9.96. The molecule has 2 aromatic rings. The van der Waals surface area contributed by atoms with Crippen molar-refractivity contribution in [3.63, 3.8) is 0 Å². The van der Waals surface area contributed by atoms with E-state index in [1.54, 1.807) is 11.6 Å². The zero-order chi connectivity index (χ0) is 17.3. The highest BCUT2D eigenvalue weighted by Gasteiger charge is 2.27. The number of Topliss-reactive ketones (excluding diaryl/α,β-unsaturated/α-hetero) is 1. The maximum Gasteiger partial charge on any atom is 0.244 e. The van der Waals surface area contributed by atoms with Crippen molar-refractivity contribution in [2.24, 2.45) is 0 Å². The number of nitrogens with zero attached hydrogens (tertiary/aromatic N) is 5. The fraction of sp³-hybridized carbons (Fsp3) is 0.562. The third kappa shape index (κ3) is 3.08. The molecule has 1 aliphatic rings. The molecule has 0 aromatic carbocycles. The molecule has 0 radical (unpaired) electrons. The Hall–Kier alpha value is -2.51. The highest BCUT2D eigenvalue weighted by molar-refractivity contribution is 5.96. The normalized spacial score (nSPS) is 15.7. The van der Waals surface area contributed by atoms with Crippen LogP contribution in [0, 0.1) is 13.8 Å². The van der Waals surface area contributed by atoms with E-state index in [0.717, 1.165) is 18.5 Å². The van der Waals surface area contributed by atoms with E-state index in [1.807, 2.05) is 11.8 Å². The van der Waals surface area contributed by atoms with Crippen LogP contribution in [0.15, 0.2) is 10.9 Å². The summed E-state index contributed by atoms with van der Waals surface area (Å²) in [7, 11) is 0. The Kier molecular flexibility index (Phi) is 4.46. The van der Waals surface area contributed by atoms with Gasteiger partial charge in [-0.05, 0) is 33.6 Å². The number of piperidine rings is 1. The number of hydrogen-bond donors (Lipinski definition) is 0. The maximum atomic E-state index is 12.5. The highest BCUT2D eigenvalue weighted by Crippen LogP contribution is 2.25. The Labute approximate surface area is 139 Å². The lowest BCUT2D eigenvalue weighted by molar-refractivity contribution is -0.133. The van der Waals surface area contributed by atoms with E-state index in [0.29, 0.717) is 30.2 Å². The van der Waals surface area contributed by atoms with Crippen LogP contribution >= 0.6 is 0 Å². The van der Waals surface area contributed by atoms with Crippen LogP contribution in [0.1, 0.15) is 53.3 Å². The van der Waals surface area contributed by atoms with Crippen LogP contribution in [-0.2, 0) is 11.3 Å². The third-order valence-corrected chi connectivity index (χ3v) is 4.61. The van der Waals surface area contributed by atoms with Gasteiger partial charge in [0.15, 0.2) is 11.6 Å². The lowest BCUT2D eigenvalue weighted by Gasteiger charge is -2.30. The van der Waals surface area contributed by atoms with Crippen LogP contribution in [0.3, 0.4) is 0 Å². The molecule has 0 unspecified atom stereocenters. The van der Waals surface area contributed by atoms with Gasteiger partial charge in [-0.25, -0.2) is 0 Å². The van der Waals surface area contributed by atoms with E-state index in [1.165, 1.54) is 13.3 Å². The zero-order valence-corrected chi connectivity index (χ0v) is 14.2. The molecule has 24 heavy (non-hydrogen) atoms. The van der Waals surface area contributed by atoms with Gasteiger partial charge >= 0.3 is 0 Å². The summed E-state index contributed by atoms with van der Waals surface area (Å²) in [6.07, 6.45) is 2.98. The third-order valence-electron chi connectivity index (χ3n) is 4.61. The number of amides is 1. The molecule has 8 heteroatoms. The quantitative estimate of drug-likeness (QED) is 0.788. The zero-order valence-electron chi connectivity index (χ0n) is 14.2. The van der Waals surface area contributed by atoms with Crippen LogP contribution in [0.5, 0.6) is 0 Å². The molecule has 1 saturated heterocycles. The fourth-order valence-electron chi connectivity index (χ4n) is 3.33. The minimum atomic E-state index is -0.0235. The highest BCUT2D eigenvalue weighted by atomic mass is 16.5. The second-order valence-electron chi connectivity index (χ2n) is 6.20. The molecule has 0 bridgehead atoms. The molecule has 1 aliphatic heterocycles. The number of carbonyl (C=O) groups is 2. The molecule has 0 spiro atoms. The number of carbonyl (C=O) groups excluding carboxylic acids is 2. The Balaban J connectivity index is 1.62. The number of rotatable bonds is 4. The van der Waals surface area contributed by atoms with Crippen LogP contribution < -0.4 is 0 Å². The summed E-state index contributed by atoms with van der Waals surface area (Å²) in [6, 6.07) is 0. The number of hydrogen-bond acceptors (Lipinski definition) is 6. The van der Waals surface area contributed by atoms with Crippen molar-refractivity contribution in [2.45, 2.75) is 46.1 Å². The summed E-state index contributed by atoms with van der Waals surface area (Å²) in [5.41, 5.74) is 2.03. The first-order valence-electron chi connectivity index (χ1n) is 8.06. The average Bonchev–Trinajstić information content (AvgIpc) is 3.16. The summed E-state index contributed by atoms with van der Waals surface area (Å²) >= 11 is 0. The monoisotopic (exact) mass is 331 g/mol. The Morgan fingerprint density at radius 3 is 2.54 bits per heavy atom. The Bertz CT molecular complexity index is 742. The van der Waals surface area contributed by atoms with E-state index in [9.17, 15) is 9.59 Å². The van der Waals surface area contributed by atoms with Crippen molar-refractivity contribution in [1.82, 2.24) is 24.8 Å². The van der Waals surface area contributed by atoms with Gasteiger partial charge in [-0.2, -0.15) is 10.1 Å². The van der Waals surface area contributed by atoms with Crippen molar-refractivity contribution in [3.05, 3.63) is 29.2 Å². The molecule has 2 aromatic heterocycles. The van der Waals surface area contributed by atoms with Crippen LogP contribution in [-0.4, -0.2) is 49.6 Å². The Morgan fingerprint density at radius 1 is 1.29 bits per heavy atom. The molecule has 3 rings (SSSR count). The molecule has 1 amide bonds. The lowest BCUT2D eigenvalue weighted by Crippen LogP contribution is -2.40. The van der Waals surface area contributed by atoms with Gasteiger partial charge in [0.05, 0.1) is 11.3 Å². The first-order valence-corrected chi connectivity index (χ1v) is 8.06. The van der Waals surface area contributed by atoms with Gasteiger partial charge < -0.3 is 9.42 Å².